The van der Waals surface area contributed by atoms with E-state index in [0.717, 1.165) is 10.2 Å². The summed E-state index contributed by atoms with van der Waals surface area (Å²) in [4.78, 5) is 11.0. The standard InChI is InChI=1S/C14H15FN2O4S/c1-9(2)22(19,20)17-5-4-13(16-17)10-6-11(8-18)14(21-3)12(15)7-10/h4-9H,1-3H3. The van der Waals surface area contributed by atoms with E-state index in [1.807, 2.05) is 0 Å². The number of nitrogens with zero attached hydrogens (tertiary/aromatic N) is 2. The van der Waals surface area contributed by atoms with Crippen molar-refractivity contribution in [2.45, 2.75) is 19.1 Å². The van der Waals surface area contributed by atoms with Crippen molar-refractivity contribution < 1.29 is 22.3 Å². The third-order valence-electron chi connectivity index (χ3n) is 3.12. The molecule has 0 radical (unpaired) electrons. The molecule has 0 aliphatic carbocycles. The zero-order valence-electron chi connectivity index (χ0n) is 12.3. The lowest BCUT2D eigenvalue weighted by atomic mass is 10.1. The molecule has 0 aliphatic heterocycles. The van der Waals surface area contributed by atoms with Gasteiger partial charge in [-0.15, -0.1) is 0 Å². The minimum atomic E-state index is -3.59. The average Bonchev–Trinajstić information content (AvgIpc) is 2.96. The molecule has 6 nitrogen and oxygen atoms in total. The second-order valence-electron chi connectivity index (χ2n) is 4.87. The van der Waals surface area contributed by atoms with E-state index < -0.39 is 21.1 Å². The van der Waals surface area contributed by atoms with Crippen LogP contribution >= 0.6 is 0 Å². The van der Waals surface area contributed by atoms with Gasteiger partial charge in [0.15, 0.2) is 17.9 Å². The van der Waals surface area contributed by atoms with E-state index >= 15 is 0 Å². The summed E-state index contributed by atoms with van der Waals surface area (Å²) in [5, 5.41) is 3.31. The first-order valence-corrected chi connectivity index (χ1v) is 7.94. The molecule has 0 aliphatic rings. The first-order valence-electron chi connectivity index (χ1n) is 6.44. The van der Waals surface area contributed by atoms with Crippen molar-refractivity contribution in [1.29, 1.82) is 0 Å². The predicted octanol–water partition coefficient (Wildman–Crippen LogP) is 2.10. The number of carbonyl (C=O) groups excluding carboxylic acids is 1. The number of methoxy groups -OCH3 is 1. The number of halogens is 1. The highest BCUT2D eigenvalue weighted by molar-refractivity contribution is 7.90. The van der Waals surface area contributed by atoms with Crippen molar-refractivity contribution in [2.24, 2.45) is 0 Å². The molecule has 2 rings (SSSR count). The molecule has 0 unspecified atom stereocenters. The van der Waals surface area contributed by atoms with Crippen LogP contribution in [0.3, 0.4) is 0 Å². The van der Waals surface area contributed by atoms with Crippen LogP contribution in [-0.2, 0) is 10.0 Å². The maximum Gasteiger partial charge on any atom is 0.256 e. The highest BCUT2D eigenvalue weighted by Gasteiger charge is 2.20. The van der Waals surface area contributed by atoms with Gasteiger partial charge in [-0.2, -0.15) is 9.19 Å². The van der Waals surface area contributed by atoms with Crippen molar-refractivity contribution >= 4 is 16.3 Å². The number of aldehydes is 1. The Labute approximate surface area is 127 Å². The molecule has 2 aromatic rings. The molecule has 0 saturated heterocycles. The van der Waals surface area contributed by atoms with Crippen LogP contribution in [0, 0.1) is 5.82 Å². The van der Waals surface area contributed by atoms with Gasteiger partial charge in [-0.1, -0.05) is 0 Å². The summed E-state index contributed by atoms with van der Waals surface area (Å²) >= 11 is 0. The minimum absolute atomic E-state index is 0.0266. The third-order valence-corrected chi connectivity index (χ3v) is 5.04. The normalized spacial score (nSPS) is 11.7. The molecule has 1 aromatic carbocycles. The molecule has 1 heterocycles. The number of hydrogen-bond donors (Lipinski definition) is 0. The van der Waals surface area contributed by atoms with Crippen LogP contribution in [0.4, 0.5) is 4.39 Å². The Balaban J connectivity index is 2.53. The fourth-order valence-electron chi connectivity index (χ4n) is 1.88. The summed E-state index contributed by atoms with van der Waals surface area (Å²) < 4.78 is 43.6. The highest BCUT2D eigenvalue weighted by Crippen LogP contribution is 2.28. The van der Waals surface area contributed by atoms with Crippen LogP contribution in [0.25, 0.3) is 11.3 Å². The van der Waals surface area contributed by atoms with Gasteiger partial charge in [0.05, 0.1) is 23.6 Å². The molecule has 118 valence electrons. The van der Waals surface area contributed by atoms with Crippen molar-refractivity contribution in [2.75, 3.05) is 7.11 Å². The fourth-order valence-corrected chi connectivity index (χ4v) is 2.75. The van der Waals surface area contributed by atoms with Crippen molar-refractivity contribution in [1.82, 2.24) is 9.19 Å². The summed E-state index contributed by atoms with van der Waals surface area (Å²) in [7, 11) is -2.33. The Bertz CT molecular complexity index is 812. The van der Waals surface area contributed by atoms with Gasteiger partial charge in [0.2, 0.25) is 0 Å². The molecule has 0 saturated carbocycles. The van der Waals surface area contributed by atoms with Crippen LogP contribution in [0.1, 0.15) is 24.2 Å². The average molecular weight is 326 g/mol. The van der Waals surface area contributed by atoms with Gasteiger partial charge in [0.25, 0.3) is 10.0 Å². The molecule has 0 bridgehead atoms. The molecular weight excluding hydrogens is 311 g/mol. The van der Waals surface area contributed by atoms with Crippen molar-refractivity contribution in [3.63, 3.8) is 0 Å². The maximum atomic E-state index is 13.9. The summed E-state index contributed by atoms with van der Waals surface area (Å²) in [5.41, 5.74) is 0.561. The van der Waals surface area contributed by atoms with Gasteiger partial charge in [0, 0.05) is 11.8 Å². The van der Waals surface area contributed by atoms with Crippen LogP contribution in [-0.4, -0.2) is 36.2 Å². The first-order chi connectivity index (χ1) is 10.3. The summed E-state index contributed by atoms with van der Waals surface area (Å²) in [6, 6.07) is 3.97. The second-order valence-corrected chi connectivity index (χ2v) is 7.21. The molecular formula is C14H15FN2O4S. The molecule has 0 N–H and O–H groups in total. The third kappa shape index (κ3) is 2.74. The Kier molecular flexibility index (Phi) is 4.32. The number of carbonyl (C=O) groups is 1. The lowest BCUT2D eigenvalue weighted by Gasteiger charge is -2.08. The van der Waals surface area contributed by atoms with E-state index in [-0.39, 0.29) is 22.6 Å². The first kappa shape index (κ1) is 16.2. The van der Waals surface area contributed by atoms with Gasteiger partial charge in [0.1, 0.15) is 0 Å². The number of rotatable bonds is 5. The maximum absolute atomic E-state index is 13.9. The molecule has 1 aromatic heterocycles. The van der Waals surface area contributed by atoms with E-state index in [1.54, 1.807) is 0 Å². The minimum Gasteiger partial charge on any atom is -0.493 e. The molecule has 0 fully saturated rings. The number of hydrogen-bond acceptors (Lipinski definition) is 5. The zero-order chi connectivity index (χ0) is 16.5. The van der Waals surface area contributed by atoms with Crippen LogP contribution in [0.5, 0.6) is 5.75 Å². The topological polar surface area (TPSA) is 78.3 Å². The summed E-state index contributed by atoms with van der Waals surface area (Å²) in [6.45, 7) is 3.07. The Morgan fingerprint density at radius 1 is 1.36 bits per heavy atom. The Hall–Kier alpha value is -2.22. The van der Waals surface area contributed by atoms with E-state index in [4.69, 9.17) is 4.74 Å². The van der Waals surface area contributed by atoms with Crippen LogP contribution < -0.4 is 4.74 Å². The van der Waals surface area contributed by atoms with Crippen LogP contribution in [0.2, 0.25) is 0 Å². The molecule has 0 spiro atoms. The summed E-state index contributed by atoms with van der Waals surface area (Å²) in [6.07, 6.45) is 1.75. The highest BCUT2D eigenvalue weighted by atomic mass is 32.2. The fraction of sp³-hybridized carbons (Fsp3) is 0.286. The SMILES string of the molecule is COc1c(F)cc(-c2ccn(S(=O)(=O)C(C)C)n2)cc1C=O. The molecule has 8 heteroatoms. The van der Waals surface area contributed by atoms with E-state index in [9.17, 15) is 17.6 Å². The van der Waals surface area contributed by atoms with Gasteiger partial charge in [-0.3, -0.25) is 4.79 Å². The molecule has 0 amide bonds. The van der Waals surface area contributed by atoms with Crippen molar-refractivity contribution in [3.05, 3.63) is 35.8 Å². The van der Waals surface area contributed by atoms with Gasteiger partial charge < -0.3 is 4.74 Å². The van der Waals surface area contributed by atoms with Gasteiger partial charge in [-0.25, -0.2) is 12.8 Å². The molecule has 22 heavy (non-hydrogen) atoms. The van der Waals surface area contributed by atoms with Crippen LogP contribution in [0.15, 0.2) is 24.4 Å². The Morgan fingerprint density at radius 2 is 2.05 bits per heavy atom. The smallest absolute Gasteiger partial charge is 0.256 e. The Morgan fingerprint density at radius 3 is 2.59 bits per heavy atom. The second kappa shape index (κ2) is 5.88. The summed E-state index contributed by atoms with van der Waals surface area (Å²) in [5.74, 6) is -0.878. The number of aromatic nitrogens is 2. The van der Waals surface area contributed by atoms with E-state index in [2.05, 4.69) is 5.10 Å². The molecule has 0 atom stereocenters. The van der Waals surface area contributed by atoms with Gasteiger partial charge in [-0.05, 0) is 32.0 Å². The lowest BCUT2D eigenvalue weighted by Crippen LogP contribution is -2.22. The van der Waals surface area contributed by atoms with Crippen molar-refractivity contribution in [3.8, 4) is 17.0 Å². The predicted molar refractivity (Wildman–Crippen MR) is 79.0 cm³/mol. The monoisotopic (exact) mass is 326 g/mol. The largest absolute Gasteiger partial charge is 0.493 e. The number of ether oxygens (including phenoxy) is 1. The number of benzene rings is 1. The van der Waals surface area contributed by atoms with E-state index in [1.165, 1.54) is 39.3 Å². The lowest BCUT2D eigenvalue weighted by molar-refractivity contribution is 0.112. The quantitative estimate of drug-likeness (QED) is 0.786. The zero-order valence-corrected chi connectivity index (χ0v) is 13.1. The van der Waals surface area contributed by atoms with E-state index in [0.29, 0.717) is 6.29 Å². The van der Waals surface area contributed by atoms with Gasteiger partial charge >= 0.3 is 0 Å².